The summed E-state index contributed by atoms with van der Waals surface area (Å²) in [5.41, 5.74) is 1.33. The second-order valence-electron chi connectivity index (χ2n) is 6.33. The molecule has 1 N–H and O–H groups in total. The maximum absolute atomic E-state index is 12.0. The van der Waals surface area contributed by atoms with Crippen molar-refractivity contribution in [3.63, 3.8) is 0 Å². The Bertz CT molecular complexity index is 607. The maximum Gasteiger partial charge on any atom is 0.250 e. The zero-order valence-electron chi connectivity index (χ0n) is 11.4. The number of nitrogens with one attached hydrogen (secondary N) is 1. The molecule has 0 spiro atoms. The highest BCUT2D eigenvalue weighted by atomic mass is 32.1. The van der Waals surface area contributed by atoms with Crippen LogP contribution in [0.5, 0.6) is 0 Å². The van der Waals surface area contributed by atoms with Gasteiger partial charge in [0, 0.05) is 43.4 Å². The fourth-order valence-corrected chi connectivity index (χ4v) is 3.87. The Kier molecular flexibility index (Phi) is 2.84. The highest BCUT2D eigenvalue weighted by molar-refractivity contribution is 7.80. The van der Waals surface area contributed by atoms with Crippen molar-refractivity contribution in [2.45, 2.75) is 37.8 Å². The van der Waals surface area contributed by atoms with Gasteiger partial charge < -0.3 is 14.8 Å². The predicted octanol–water partition coefficient (Wildman–Crippen LogP) is 1.30. The van der Waals surface area contributed by atoms with Crippen molar-refractivity contribution in [3.05, 3.63) is 34.2 Å². The highest BCUT2D eigenvalue weighted by Gasteiger charge is 2.36. The van der Waals surface area contributed by atoms with E-state index in [2.05, 4.69) is 16.3 Å². The molecule has 3 aliphatic rings. The lowest BCUT2D eigenvalue weighted by Crippen LogP contribution is -2.52. The first-order valence-electron chi connectivity index (χ1n) is 7.46. The number of hydrogen-bond acceptors (Lipinski definition) is 2. The Morgan fingerprint density at radius 3 is 2.90 bits per heavy atom. The van der Waals surface area contributed by atoms with Crippen LogP contribution in [0.3, 0.4) is 0 Å². The summed E-state index contributed by atoms with van der Waals surface area (Å²) in [6.07, 6.45) is 3.68. The van der Waals surface area contributed by atoms with E-state index in [0.717, 1.165) is 24.7 Å². The van der Waals surface area contributed by atoms with Crippen LogP contribution < -0.4 is 10.9 Å². The van der Waals surface area contributed by atoms with E-state index in [1.54, 1.807) is 6.07 Å². The Hall–Kier alpha value is -1.36. The van der Waals surface area contributed by atoms with E-state index in [9.17, 15) is 4.79 Å². The third-order valence-corrected chi connectivity index (χ3v) is 5.05. The van der Waals surface area contributed by atoms with E-state index >= 15 is 0 Å². The number of piperidine rings is 1. The SMILES string of the molecule is O=c1cccc2n1CC1CC2CN(C(=S)NC2CC2)C1. The van der Waals surface area contributed by atoms with Gasteiger partial charge in [-0.3, -0.25) is 4.79 Å². The molecule has 1 saturated heterocycles. The van der Waals surface area contributed by atoms with Crippen molar-refractivity contribution in [2.24, 2.45) is 5.92 Å². The second kappa shape index (κ2) is 4.58. The standard InChI is InChI=1S/C15H19N3OS/c19-14-3-1-2-13-11-6-10(8-18(13)14)7-17(9-11)15(20)16-12-4-5-12/h1-3,10-12H,4-9H2,(H,16,20). The van der Waals surface area contributed by atoms with Gasteiger partial charge in [0.1, 0.15) is 0 Å². The summed E-state index contributed by atoms with van der Waals surface area (Å²) in [7, 11) is 0. The first-order valence-corrected chi connectivity index (χ1v) is 7.87. The van der Waals surface area contributed by atoms with Crippen LogP contribution in [0.15, 0.2) is 23.0 Å². The normalized spacial score (nSPS) is 27.9. The molecule has 2 atom stereocenters. The number of rotatable bonds is 1. The van der Waals surface area contributed by atoms with Crippen molar-refractivity contribution in [2.75, 3.05) is 13.1 Å². The van der Waals surface area contributed by atoms with Crippen LogP contribution in [-0.4, -0.2) is 33.7 Å². The largest absolute Gasteiger partial charge is 0.360 e. The molecule has 2 unspecified atom stereocenters. The Labute approximate surface area is 123 Å². The van der Waals surface area contributed by atoms with Gasteiger partial charge in [0.25, 0.3) is 5.56 Å². The predicted molar refractivity (Wildman–Crippen MR) is 81.9 cm³/mol. The summed E-state index contributed by atoms with van der Waals surface area (Å²) in [5.74, 6) is 0.982. The smallest absolute Gasteiger partial charge is 0.250 e. The summed E-state index contributed by atoms with van der Waals surface area (Å²) >= 11 is 5.54. The van der Waals surface area contributed by atoms with Crippen LogP contribution in [0.1, 0.15) is 30.9 Å². The molecule has 1 aromatic rings. The van der Waals surface area contributed by atoms with E-state index in [1.165, 1.54) is 25.0 Å². The zero-order chi connectivity index (χ0) is 13.7. The monoisotopic (exact) mass is 289 g/mol. The molecule has 2 fully saturated rings. The number of pyridine rings is 1. The summed E-state index contributed by atoms with van der Waals surface area (Å²) in [4.78, 5) is 14.3. The minimum Gasteiger partial charge on any atom is -0.360 e. The molecule has 0 radical (unpaired) electrons. The molecule has 4 nitrogen and oxygen atoms in total. The van der Waals surface area contributed by atoms with Crippen LogP contribution in [0.2, 0.25) is 0 Å². The van der Waals surface area contributed by atoms with Gasteiger partial charge >= 0.3 is 0 Å². The van der Waals surface area contributed by atoms with Crippen LogP contribution in [0, 0.1) is 5.92 Å². The van der Waals surface area contributed by atoms with Crippen LogP contribution in [0.25, 0.3) is 0 Å². The number of aromatic nitrogens is 1. The van der Waals surface area contributed by atoms with Crippen molar-refractivity contribution in [3.8, 4) is 0 Å². The minimum atomic E-state index is 0.143. The molecule has 1 aromatic heterocycles. The summed E-state index contributed by atoms with van der Waals surface area (Å²) < 4.78 is 1.97. The molecule has 2 aliphatic heterocycles. The minimum absolute atomic E-state index is 0.143. The summed E-state index contributed by atoms with van der Waals surface area (Å²) in [6, 6.07) is 6.26. The molecule has 5 heteroatoms. The number of nitrogens with zero attached hydrogens (tertiary/aromatic N) is 2. The lowest BCUT2D eigenvalue weighted by Gasteiger charge is -2.43. The van der Waals surface area contributed by atoms with Gasteiger partial charge in [0.2, 0.25) is 0 Å². The lowest BCUT2D eigenvalue weighted by atomic mass is 9.83. The topological polar surface area (TPSA) is 37.3 Å². The second-order valence-corrected chi connectivity index (χ2v) is 6.71. The fourth-order valence-electron chi connectivity index (χ4n) is 3.56. The first-order chi connectivity index (χ1) is 9.70. The van der Waals surface area contributed by atoms with E-state index in [0.29, 0.717) is 17.9 Å². The molecular formula is C15H19N3OS. The quantitative estimate of drug-likeness (QED) is 0.791. The molecule has 20 heavy (non-hydrogen) atoms. The van der Waals surface area contributed by atoms with Gasteiger partial charge in [0.05, 0.1) is 0 Å². The van der Waals surface area contributed by atoms with Gasteiger partial charge in [-0.05, 0) is 43.5 Å². The molecule has 0 amide bonds. The van der Waals surface area contributed by atoms with Gasteiger partial charge in [-0.25, -0.2) is 0 Å². The van der Waals surface area contributed by atoms with E-state index in [1.807, 2.05) is 10.6 Å². The number of thiocarbonyl (C=S) groups is 1. The van der Waals surface area contributed by atoms with E-state index < -0.39 is 0 Å². The molecule has 3 heterocycles. The molecule has 2 bridgehead atoms. The lowest BCUT2D eigenvalue weighted by molar-refractivity contribution is 0.177. The van der Waals surface area contributed by atoms with Crippen LogP contribution in [0.4, 0.5) is 0 Å². The van der Waals surface area contributed by atoms with Gasteiger partial charge in [0.15, 0.2) is 5.11 Å². The van der Waals surface area contributed by atoms with Crippen LogP contribution >= 0.6 is 12.2 Å². The summed E-state index contributed by atoms with van der Waals surface area (Å²) in [5, 5.41) is 4.35. The molecule has 4 rings (SSSR count). The van der Waals surface area contributed by atoms with E-state index in [4.69, 9.17) is 12.2 Å². The fraction of sp³-hybridized carbons (Fsp3) is 0.600. The molecule has 1 aliphatic carbocycles. The van der Waals surface area contributed by atoms with Gasteiger partial charge in [-0.1, -0.05) is 6.07 Å². The van der Waals surface area contributed by atoms with Crippen molar-refractivity contribution >= 4 is 17.3 Å². The highest BCUT2D eigenvalue weighted by Crippen LogP contribution is 2.35. The van der Waals surface area contributed by atoms with Crippen molar-refractivity contribution in [1.82, 2.24) is 14.8 Å². The van der Waals surface area contributed by atoms with Gasteiger partial charge in [-0.2, -0.15) is 0 Å². The Morgan fingerprint density at radius 2 is 2.10 bits per heavy atom. The number of fused-ring (bicyclic) bond motifs is 4. The molecule has 106 valence electrons. The van der Waals surface area contributed by atoms with Crippen molar-refractivity contribution in [1.29, 1.82) is 0 Å². The van der Waals surface area contributed by atoms with Crippen LogP contribution in [-0.2, 0) is 6.54 Å². The Balaban J connectivity index is 1.58. The number of likely N-dealkylation sites (tertiary alicyclic amines) is 1. The average Bonchev–Trinajstić information content (AvgIpc) is 3.24. The first kappa shape index (κ1) is 12.4. The molecule has 1 saturated carbocycles. The zero-order valence-corrected chi connectivity index (χ0v) is 12.2. The molecule has 0 aromatic carbocycles. The third-order valence-electron chi connectivity index (χ3n) is 4.67. The van der Waals surface area contributed by atoms with Crippen molar-refractivity contribution < 1.29 is 0 Å². The maximum atomic E-state index is 12.0. The Morgan fingerprint density at radius 1 is 1.25 bits per heavy atom. The van der Waals surface area contributed by atoms with E-state index in [-0.39, 0.29) is 5.56 Å². The third kappa shape index (κ3) is 2.14. The summed E-state index contributed by atoms with van der Waals surface area (Å²) in [6.45, 7) is 2.77. The number of hydrogen-bond donors (Lipinski definition) is 1. The van der Waals surface area contributed by atoms with Gasteiger partial charge in [-0.15, -0.1) is 0 Å². The molecular weight excluding hydrogens is 270 g/mol. The average molecular weight is 289 g/mol.